The third kappa shape index (κ3) is 8.52. The number of hydrazone groups is 1. The number of carbonyl (C=O) groups is 3. The fraction of sp³-hybridized carbons (Fsp3) is 0.154. The van der Waals surface area contributed by atoms with E-state index in [1.165, 1.54) is 19.4 Å². The highest BCUT2D eigenvalue weighted by atomic mass is 35.5. The molecule has 0 atom stereocenters. The molecule has 9 nitrogen and oxygen atoms in total. The second-order valence-electron chi connectivity index (χ2n) is 7.74. The average Bonchev–Trinajstić information content (AvgIpc) is 2.89. The lowest BCUT2D eigenvalue weighted by Crippen LogP contribution is -2.37. The predicted octanol–water partition coefficient (Wildman–Crippen LogP) is 4.09. The van der Waals surface area contributed by atoms with E-state index in [-0.39, 0.29) is 13.2 Å². The van der Waals surface area contributed by atoms with Gasteiger partial charge in [-0.15, -0.1) is 0 Å². The predicted molar refractivity (Wildman–Crippen MR) is 142 cm³/mol. The minimum Gasteiger partial charge on any atom is -0.493 e. The lowest BCUT2D eigenvalue weighted by molar-refractivity contribution is -0.139. The molecule has 0 saturated heterocycles. The van der Waals surface area contributed by atoms with E-state index in [0.29, 0.717) is 32.8 Å². The maximum absolute atomic E-state index is 12.2. The maximum atomic E-state index is 12.2. The molecule has 0 radical (unpaired) electrons. The highest BCUT2D eigenvalue weighted by Gasteiger charge is 2.13. The molecule has 0 spiro atoms. The normalized spacial score (nSPS) is 10.6. The van der Waals surface area contributed by atoms with E-state index >= 15 is 0 Å². The van der Waals surface area contributed by atoms with Crippen LogP contribution < -0.4 is 25.5 Å². The van der Waals surface area contributed by atoms with Crippen molar-refractivity contribution in [3.63, 3.8) is 0 Å². The quantitative estimate of drug-likeness (QED) is 0.214. The van der Waals surface area contributed by atoms with Gasteiger partial charge in [-0.1, -0.05) is 53.0 Å². The monoisotopic (exact) mass is 542 g/mol. The molecule has 0 aliphatic carbocycles. The number of nitrogens with one attached hydrogen (secondary N) is 3. The largest absolute Gasteiger partial charge is 0.493 e. The third-order valence-corrected chi connectivity index (χ3v) is 5.65. The van der Waals surface area contributed by atoms with Crippen molar-refractivity contribution >= 4 is 52.8 Å². The molecule has 0 unspecified atom stereocenters. The van der Waals surface area contributed by atoms with Gasteiger partial charge < -0.3 is 20.1 Å². The number of rotatable bonds is 9. The molecule has 37 heavy (non-hydrogen) atoms. The molecular weight excluding hydrogens is 519 g/mol. The van der Waals surface area contributed by atoms with E-state index < -0.39 is 17.7 Å². The molecule has 3 rings (SSSR count). The van der Waals surface area contributed by atoms with Gasteiger partial charge in [0.15, 0.2) is 18.1 Å². The van der Waals surface area contributed by atoms with E-state index in [2.05, 4.69) is 21.2 Å². The van der Waals surface area contributed by atoms with Crippen LogP contribution in [0.3, 0.4) is 0 Å². The van der Waals surface area contributed by atoms with Gasteiger partial charge >= 0.3 is 11.8 Å². The Kier molecular flexibility index (Phi) is 9.88. The Labute approximate surface area is 223 Å². The second kappa shape index (κ2) is 13.3. The molecule has 3 amide bonds. The van der Waals surface area contributed by atoms with Gasteiger partial charge in [0.05, 0.1) is 23.4 Å². The van der Waals surface area contributed by atoms with Gasteiger partial charge in [-0.3, -0.25) is 14.4 Å². The van der Waals surface area contributed by atoms with Gasteiger partial charge in [0.1, 0.15) is 0 Å². The summed E-state index contributed by atoms with van der Waals surface area (Å²) in [6.45, 7) is 1.90. The molecule has 0 aromatic heterocycles. The summed E-state index contributed by atoms with van der Waals surface area (Å²) in [5.41, 5.74) is 5.19. The van der Waals surface area contributed by atoms with Crippen molar-refractivity contribution in [2.75, 3.05) is 19.0 Å². The number of anilines is 1. The Morgan fingerprint density at radius 3 is 2.38 bits per heavy atom. The highest BCUT2D eigenvalue weighted by Crippen LogP contribution is 2.28. The Bertz CT molecular complexity index is 1310. The summed E-state index contributed by atoms with van der Waals surface area (Å²) in [7, 11) is 1.44. The first-order valence-corrected chi connectivity index (χ1v) is 11.7. The average molecular weight is 543 g/mol. The number of halogens is 2. The first-order chi connectivity index (χ1) is 17.7. The van der Waals surface area contributed by atoms with Gasteiger partial charge in [0.25, 0.3) is 5.91 Å². The van der Waals surface area contributed by atoms with E-state index in [1.807, 2.05) is 31.2 Å². The van der Waals surface area contributed by atoms with Crippen LogP contribution in [0.2, 0.25) is 10.0 Å². The summed E-state index contributed by atoms with van der Waals surface area (Å²) in [4.78, 5) is 36.1. The van der Waals surface area contributed by atoms with Crippen LogP contribution in [0.15, 0.2) is 65.8 Å². The number of methoxy groups -OCH3 is 1. The summed E-state index contributed by atoms with van der Waals surface area (Å²) >= 11 is 11.8. The molecule has 0 aliphatic heterocycles. The smallest absolute Gasteiger partial charge is 0.329 e. The molecule has 11 heteroatoms. The molecule has 0 fully saturated rings. The summed E-state index contributed by atoms with van der Waals surface area (Å²) in [6.07, 6.45) is 1.34. The van der Waals surface area contributed by atoms with E-state index in [9.17, 15) is 14.4 Å². The Balaban J connectivity index is 1.49. The van der Waals surface area contributed by atoms with Crippen molar-refractivity contribution in [3.8, 4) is 11.5 Å². The first kappa shape index (κ1) is 27.5. The van der Waals surface area contributed by atoms with Crippen molar-refractivity contribution in [1.82, 2.24) is 10.7 Å². The fourth-order valence-corrected chi connectivity index (χ4v) is 3.28. The van der Waals surface area contributed by atoms with Crippen LogP contribution in [0.1, 0.15) is 16.7 Å². The SMILES string of the molecule is COc1cc(/C=N\NC(=O)C(=O)NCc2ccc(C)cc2)ccc1OCC(=O)Nc1ccc(Cl)c(Cl)c1. The minimum atomic E-state index is -0.900. The Morgan fingerprint density at radius 1 is 0.919 bits per heavy atom. The summed E-state index contributed by atoms with van der Waals surface area (Å²) in [5, 5.41) is 9.69. The Hall–Kier alpha value is -4.08. The molecule has 192 valence electrons. The molecule has 3 aromatic carbocycles. The van der Waals surface area contributed by atoms with Crippen molar-refractivity contribution in [2.45, 2.75) is 13.5 Å². The molecule has 0 bridgehead atoms. The van der Waals surface area contributed by atoms with E-state index in [4.69, 9.17) is 32.7 Å². The van der Waals surface area contributed by atoms with Gasteiger partial charge in [-0.05, 0) is 54.4 Å². The fourth-order valence-electron chi connectivity index (χ4n) is 2.98. The van der Waals surface area contributed by atoms with E-state index in [0.717, 1.165) is 11.1 Å². The number of hydrogen-bond donors (Lipinski definition) is 3. The van der Waals surface area contributed by atoms with Crippen LogP contribution in [0, 0.1) is 6.92 Å². The lowest BCUT2D eigenvalue weighted by Gasteiger charge is -2.11. The van der Waals surface area contributed by atoms with Crippen LogP contribution in [0.5, 0.6) is 11.5 Å². The van der Waals surface area contributed by atoms with Crippen LogP contribution in [-0.2, 0) is 20.9 Å². The van der Waals surface area contributed by atoms with Gasteiger partial charge in [0.2, 0.25) is 0 Å². The van der Waals surface area contributed by atoms with Crippen molar-refractivity contribution in [1.29, 1.82) is 0 Å². The second-order valence-corrected chi connectivity index (χ2v) is 8.56. The molecule has 3 N–H and O–H groups in total. The van der Waals surface area contributed by atoms with Crippen LogP contribution in [0.4, 0.5) is 5.69 Å². The zero-order valence-corrected chi connectivity index (χ0v) is 21.5. The zero-order chi connectivity index (χ0) is 26.8. The standard InChI is InChI=1S/C26H24Cl2N4O5/c1-16-3-5-17(6-4-16)13-29-25(34)26(35)32-30-14-18-7-10-22(23(11-18)36-2)37-15-24(33)31-19-8-9-20(27)21(28)12-19/h3-12,14H,13,15H2,1-2H3,(H,29,34)(H,31,33)(H,32,35)/b30-14-. The Morgan fingerprint density at radius 2 is 1.68 bits per heavy atom. The number of carbonyl (C=O) groups excluding carboxylic acids is 3. The summed E-state index contributed by atoms with van der Waals surface area (Å²) in [6, 6.07) is 17.1. The minimum absolute atomic E-state index is 0.223. The number of hydrogen-bond acceptors (Lipinski definition) is 6. The van der Waals surface area contributed by atoms with Gasteiger partial charge in [0, 0.05) is 12.2 Å². The number of nitrogens with zero attached hydrogens (tertiary/aromatic N) is 1. The molecule has 0 heterocycles. The molecule has 3 aromatic rings. The molecule has 0 saturated carbocycles. The van der Waals surface area contributed by atoms with Gasteiger partial charge in [-0.25, -0.2) is 5.43 Å². The topological polar surface area (TPSA) is 118 Å². The van der Waals surface area contributed by atoms with Crippen molar-refractivity contribution < 1.29 is 23.9 Å². The first-order valence-electron chi connectivity index (χ1n) is 11.0. The number of aryl methyl sites for hydroxylation is 1. The van der Waals surface area contributed by atoms with E-state index in [1.54, 1.807) is 30.3 Å². The molecule has 0 aliphatic rings. The van der Waals surface area contributed by atoms with Crippen LogP contribution in [0.25, 0.3) is 0 Å². The summed E-state index contributed by atoms with van der Waals surface area (Å²) < 4.78 is 10.9. The third-order valence-electron chi connectivity index (χ3n) is 4.91. The lowest BCUT2D eigenvalue weighted by atomic mass is 10.1. The number of amides is 3. The van der Waals surface area contributed by atoms with Crippen LogP contribution in [-0.4, -0.2) is 37.7 Å². The summed E-state index contributed by atoms with van der Waals surface area (Å²) in [5.74, 6) is -1.45. The van der Waals surface area contributed by atoms with Gasteiger partial charge in [-0.2, -0.15) is 5.10 Å². The number of ether oxygens (including phenoxy) is 2. The zero-order valence-electron chi connectivity index (χ0n) is 20.0. The highest BCUT2D eigenvalue weighted by molar-refractivity contribution is 6.42. The number of benzene rings is 3. The maximum Gasteiger partial charge on any atom is 0.329 e. The van der Waals surface area contributed by atoms with Crippen molar-refractivity contribution in [3.05, 3.63) is 87.4 Å². The van der Waals surface area contributed by atoms with Crippen molar-refractivity contribution in [2.24, 2.45) is 5.10 Å². The molecular formula is C26H24Cl2N4O5. The van der Waals surface area contributed by atoms with Crippen LogP contribution >= 0.6 is 23.2 Å².